The number of carbonyl (C=O) groups excluding carboxylic acids is 1. The number of amides is 1. The van der Waals surface area contributed by atoms with Crippen molar-refractivity contribution in [3.8, 4) is 5.75 Å². The molecule has 7 heteroatoms. The van der Waals surface area contributed by atoms with Gasteiger partial charge in [0.15, 0.2) is 11.9 Å². The second kappa shape index (κ2) is 5.87. The second-order valence-electron chi connectivity index (χ2n) is 4.76. The Morgan fingerprint density at radius 1 is 1.60 bits per heavy atom. The molecule has 1 unspecified atom stereocenters. The van der Waals surface area contributed by atoms with Gasteiger partial charge in [-0.3, -0.25) is 14.9 Å². The molecule has 2 rings (SSSR count). The third-order valence-electron chi connectivity index (χ3n) is 3.00. The van der Waals surface area contributed by atoms with E-state index in [0.29, 0.717) is 5.56 Å². The summed E-state index contributed by atoms with van der Waals surface area (Å²) in [5.41, 5.74) is 0.258. The molecule has 1 aromatic rings. The summed E-state index contributed by atoms with van der Waals surface area (Å²) < 4.78 is 5.37. The molecule has 108 valence electrons. The van der Waals surface area contributed by atoms with Crippen LogP contribution in [-0.2, 0) is 11.4 Å². The summed E-state index contributed by atoms with van der Waals surface area (Å²) in [6.45, 7) is 1.28. The number of nitro benzene ring substituents is 1. The Hall–Kier alpha value is -2.15. The normalized spacial score (nSPS) is 15.5. The van der Waals surface area contributed by atoms with Gasteiger partial charge in [-0.15, -0.1) is 0 Å². The molecule has 1 saturated carbocycles. The maximum absolute atomic E-state index is 11.8. The molecule has 0 bridgehead atoms. The highest BCUT2D eigenvalue weighted by Gasteiger charge is 2.27. The van der Waals surface area contributed by atoms with Crippen molar-refractivity contribution in [2.24, 2.45) is 0 Å². The lowest BCUT2D eigenvalue weighted by Crippen LogP contribution is -2.37. The van der Waals surface area contributed by atoms with E-state index in [9.17, 15) is 14.9 Å². The van der Waals surface area contributed by atoms with Crippen molar-refractivity contribution >= 4 is 11.6 Å². The van der Waals surface area contributed by atoms with E-state index in [1.807, 2.05) is 0 Å². The lowest BCUT2D eigenvalue weighted by atomic mass is 10.2. The second-order valence-corrected chi connectivity index (χ2v) is 4.76. The third kappa shape index (κ3) is 3.45. The Morgan fingerprint density at radius 3 is 2.85 bits per heavy atom. The molecule has 1 fully saturated rings. The highest BCUT2D eigenvalue weighted by atomic mass is 16.6. The van der Waals surface area contributed by atoms with Gasteiger partial charge in [0.05, 0.1) is 11.5 Å². The highest BCUT2D eigenvalue weighted by molar-refractivity contribution is 5.81. The van der Waals surface area contributed by atoms with Crippen LogP contribution in [0.4, 0.5) is 5.69 Å². The number of hydrogen-bond donors (Lipinski definition) is 2. The molecule has 0 radical (unpaired) electrons. The zero-order valence-corrected chi connectivity index (χ0v) is 11.0. The van der Waals surface area contributed by atoms with Crippen molar-refractivity contribution < 1.29 is 19.6 Å². The number of aliphatic hydroxyl groups excluding tert-OH is 1. The van der Waals surface area contributed by atoms with E-state index in [4.69, 9.17) is 9.84 Å². The van der Waals surface area contributed by atoms with Gasteiger partial charge in [-0.2, -0.15) is 0 Å². The number of nitro groups is 1. The lowest BCUT2D eigenvalue weighted by molar-refractivity contribution is -0.386. The maximum atomic E-state index is 11.8. The van der Waals surface area contributed by atoms with Crippen LogP contribution in [0.25, 0.3) is 0 Å². The molecule has 0 aliphatic heterocycles. The first-order valence-electron chi connectivity index (χ1n) is 6.36. The minimum atomic E-state index is -0.830. The standard InChI is InChI=1S/C13H16N2O5/c1-8(13(17)14-10-3-4-10)20-12-6-9(7-16)2-5-11(12)15(18)19/h2,5-6,8,10,16H,3-4,7H2,1H3,(H,14,17). The number of hydrogen-bond acceptors (Lipinski definition) is 5. The first-order valence-corrected chi connectivity index (χ1v) is 6.36. The topological polar surface area (TPSA) is 102 Å². The summed E-state index contributed by atoms with van der Waals surface area (Å²) in [5.74, 6) is -0.309. The Kier molecular flexibility index (Phi) is 4.19. The summed E-state index contributed by atoms with van der Waals surface area (Å²) in [5, 5.41) is 22.7. The predicted molar refractivity (Wildman–Crippen MR) is 70.3 cm³/mol. The van der Waals surface area contributed by atoms with E-state index < -0.39 is 11.0 Å². The minimum absolute atomic E-state index is 0.0139. The Morgan fingerprint density at radius 2 is 2.30 bits per heavy atom. The maximum Gasteiger partial charge on any atom is 0.310 e. The van der Waals surface area contributed by atoms with Gasteiger partial charge in [0.1, 0.15) is 0 Å². The summed E-state index contributed by atoms with van der Waals surface area (Å²) >= 11 is 0. The molecule has 1 atom stereocenters. The number of ether oxygens (including phenoxy) is 1. The van der Waals surface area contributed by atoms with Gasteiger partial charge >= 0.3 is 5.69 Å². The first kappa shape index (κ1) is 14.3. The number of carbonyl (C=O) groups is 1. The van der Waals surface area contributed by atoms with Crippen molar-refractivity contribution in [3.05, 3.63) is 33.9 Å². The average molecular weight is 280 g/mol. The predicted octanol–water partition coefficient (Wildman–Crippen LogP) is 1.13. The number of nitrogens with zero attached hydrogens (tertiary/aromatic N) is 1. The van der Waals surface area contributed by atoms with E-state index in [1.54, 1.807) is 0 Å². The van der Waals surface area contributed by atoms with Crippen LogP contribution in [0.1, 0.15) is 25.3 Å². The zero-order valence-electron chi connectivity index (χ0n) is 11.0. The number of aliphatic hydroxyl groups is 1. The summed E-state index contributed by atoms with van der Waals surface area (Å²) in [4.78, 5) is 22.1. The molecule has 2 N–H and O–H groups in total. The van der Waals surface area contributed by atoms with E-state index in [1.165, 1.54) is 25.1 Å². The van der Waals surface area contributed by atoms with Crippen LogP contribution in [0, 0.1) is 10.1 Å². The van der Waals surface area contributed by atoms with Crippen LogP contribution in [0.5, 0.6) is 5.75 Å². The molecule has 1 amide bonds. The van der Waals surface area contributed by atoms with Crippen molar-refractivity contribution in [2.45, 2.75) is 38.5 Å². The van der Waals surface area contributed by atoms with Crippen LogP contribution in [0.15, 0.2) is 18.2 Å². The molecule has 1 aromatic carbocycles. The van der Waals surface area contributed by atoms with Crippen molar-refractivity contribution in [1.82, 2.24) is 5.32 Å². The summed E-state index contributed by atoms with van der Waals surface area (Å²) in [6, 6.07) is 4.28. The number of nitrogens with one attached hydrogen (secondary N) is 1. The fourth-order valence-corrected chi connectivity index (χ4v) is 1.69. The van der Waals surface area contributed by atoms with Crippen LogP contribution in [0.3, 0.4) is 0 Å². The van der Waals surface area contributed by atoms with E-state index in [-0.39, 0.29) is 30.0 Å². The lowest BCUT2D eigenvalue weighted by Gasteiger charge is -2.15. The molecular formula is C13H16N2O5. The fourth-order valence-electron chi connectivity index (χ4n) is 1.69. The smallest absolute Gasteiger partial charge is 0.310 e. The van der Waals surface area contributed by atoms with E-state index in [2.05, 4.69) is 5.32 Å². The summed E-state index contributed by atoms with van der Waals surface area (Å²) in [6.07, 6.45) is 1.08. The van der Waals surface area contributed by atoms with Crippen molar-refractivity contribution in [2.75, 3.05) is 0 Å². The number of benzene rings is 1. The van der Waals surface area contributed by atoms with Gasteiger partial charge in [0.25, 0.3) is 5.91 Å². The average Bonchev–Trinajstić information content (AvgIpc) is 3.22. The van der Waals surface area contributed by atoms with Crippen molar-refractivity contribution in [1.29, 1.82) is 0 Å². The van der Waals surface area contributed by atoms with Crippen molar-refractivity contribution in [3.63, 3.8) is 0 Å². The van der Waals surface area contributed by atoms with E-state index >= 15 is 0 Å². The van der Waals surface area contributed by atoms with E-state index in [0.717, 1.165) is 12.8 Å². The van der Waals surface area contributed by atoms with Crippen LogP contribution in [0.2, 0.25) is 0 Å². The van der Waals surface area contributed by atoms with Crippen LogP contribution < -0.4 is 10.1 Å². The fraction of sp³-hybridized carbons (Fsp3) is 0.462. The zero-order chi connectivity index (χ0) is 14.7. The Labute approximate surface area is 115 Å². The highest BCUT2D eigenvalue weighted by Crippen LogP contribution is 2.29. The minimum Gasteiger partial charge on any atom is -0.474 e. The largest absolute Gasteiger partial charge is 0.474 e. The van der Waals surface area contributed by atoms with Crippen LogP contribution in [-0.4, -0.2) is 28.1 Å². The molecule has 1 aliphatic rings. The molecule has 1 aliphatic carbocycles. The summed E-state index contributed by atoms with van der Waals surface area (Å²) in [7, 11) is 0. The third-order valence-corrected chi connectivity index (χ3v) is 3.00. The first-order chi connectivity index (χ1) is 9.51. The van der Waals surface area contributed by atoms with Gasteiger partial charge in [-0.25, -0.2) is 0 Å². The molecule has 0 saturated heterocycles. The molecule has 20 heavy (non-hydrogen) atoms. The molecule has 0 heterocycles. The van der Waals surface area contributed by atoms with Crippen LogP contribution >= 0.6 is 0 Å². The SMILES string of the molecule is CC(Oc1cc(CO)ccc1[N+](=O)[O-])C(=O)NC1CC1. The molecular weight excluding hydrogens is 264 g/mol. The number of rotatable bonds is 6. The van der Waals surface area contributed by atoms with Gasteiger partial charge in [-0.1, -0.05) is 0 Å². The molecule has 7 nitrogen and oxygen atoms in total. The van der Waals surface area contributed by atoms with Gasteiger partial charge in [-0.05, 0) is 37.5 Å². The molecule has 0 aromatic heterocycles. The van der Waals surface area contributed by atoms with Gasteiger partial charge in [0, 0.05) is 12.1 Å². The quantitative estimate of drug-likeness (QED) is 0.601. The monoisotopic (exact) mass is 280 g/mol. The Balaban J connectivity index is 2.12. The van der Waals surface area contributed by atoms with Gasteiger partial charge in [0.2, 0.25) is 0 Å². The molecule has 0 spiro atoms. The Bertz CT molecular complexity index is 527. The van der Waals surface area contributed by atoms with Gasteiger partial charge < -0.3 is 15.2 Å².